The van der Waals surface area contributed by atoms with Gasteiger partial charge in [0, 0.05) is 83.4 Å². The summed E-state index contributed by atoms with van der Waals surface area (Å²) in [7, 11) is 3.75. The van der Waals surface area contributed by atoms with Crippen LogP contribution < -0.4 is 15.5 Å². The number of aromatic hydroxyl groups is 1. The molecule has 1 atom stereocenters. The fourth-order valence-corrected chi connectivity index (χ4v) is 7.12. The molecule has 2 aliphatic rings. The van der Waals surface area contributed by atoms with E-state index in [0.717, 1.165) is 77.4 Å². The zero-order chi connectivity index (χ0) is 36.1. The van der Waals surface area contributed by atoms with Gasteiger partial charge >= 0.3 is 0 Å². The summed E-state index contributed by atoms with van der Waals surface area (Å²) < 4.78 is 12.4. The van der Waals surface area contributed by atoms with Crippen molar-refractivity contribution in [3.05, 3.63) is 88.2 Å². The number of halogens is 1. The van der Waals surface area contributed by atoms with Crippen molar-refractivity contribution < 1.29 is 24.5 Å². The maximum absolute atomic E-state index is 10.9. The van der Waals surface area contributed by atoms with Gasteiger partial charge in [-0.1, -0.05) is 41.9 Å². The van der Waals surface area contributed by atoms with Gasteiger partial charge in [-0.15, -0.1) is 0 Å². The van der Waals surface area contributed by atoms with E-state index in [0.29, 0.717) is 54.6 Å². The van der Waals surface area contributed by atoms with E-state index in [1.165, 1.54) is 17.2 Å². The van der Waals surface area contributed by atoms with Gasteiger partial charge in [-0.3, -0.25) is 9.69 Å². The Hall–Kier alpha value is -3.55. The molecule has 0 amide bonds. The van der Waals surface area contributed by atoms with Crippen LogP contribution in [-0.2, 0) is 27.2 Å². The molecule has 51 heavy (non-hydrogen) atoms. The van der Waals surface area contributed by atoms with E-state index >= 15 is 0 Å². The molecule has 1 spiro atoms. The number of rotatable bonds is 18. The molecule has 2 aliphatic heterocycles. The standard InChI is InChI=1S/C39H53ClN6O5/c1-41-38-34(7-4-21-47)33(8-9-35(38)48)36(49)27-42-15-18-44(2)19-23-50-22-11-30-5-3-6-31(25-30)28-45-16-12-39(13-17-45)29-46(20-24-51-39)32-10-14-43-37(40)26-32/h3-10,14,21,25-26,36,41-42,48-49H,11-13,15-20,22-24,27-29H2,1-2H3/b7-4-. The van der Waals surface area contributed by atoms with E-state index in [-0.39, 0.29) is 11.4 Å². The first-order valence-corrected chi connectivity index (χ1v) is 18.3. The van der Waals surface area contributed by atoms with E-state index < -0.39 is 6.10 Å². The van der Waals surface area contributed by atoms with Gasteiger partial charge in [0.15, 0.2) is 0 Å². The fraction of sp³-hybridized carbons (Fsp3) is 0.487. The summed E-state index contributed by atoms with van der Waals surface area (Å²) in [6.07, 6.45) is 7.49. The number of aliphatic hydroxyl groups excluding tert-OH is 1. The number of nitrogens with one attached hydrogen (secondary N) is 2. The van der Waals surface area contributed by atoms with Crippen LogP contribution in [0.1, 0.15) is 41.2 Å². The number of hydrogen-bond acceptors (Lipinski definition) is 11. The van der Waals surface area contributed by atoms with Crippen LogP contribution in [0.15, 0.2) is 60.8 Å². The van der Waals surface area contributed by atoms with E-state index in [4.69, 9.17) is 21.1 Å². The number of likely N-dealkylation sites (tertiary alicyclic amines) is 1. The molecule has 1 unspecified atom stereocenters. The number of piperidine rings is 1. The molecule has 0 bridgehead atoms. The number of nitrogens with zero attached hydrogens (tertiary/aromatic N) is 4. The second-order valence-electron chi connectivity index (χ2n) is 13.5. The lowest BCUT2D eigenvalue weighted by molar-refractivity contribution is -0.104. The third-order valence-electron chi connectivity index (χ3n) is 9.86. The Balaban J connectivity index is 0.960. The van der Waals surface area contributed by atoms with Crippen molar-refractivity contribution in [2.24, 2.45) is 0 Å². The Bertz CT molecular complexity index is 1580. The van der Waals surface area contributed by atoms with Gasteiger partial charge in [0.25, 0.3) is 0 Å². The Labute approximate surface area is 307 Å². The summed E-state index contributed by atoms with van der Waals surface area (Å²) in [5, 5.41) is 27.8. The fourth-order valence-electron chi connectivity index (χ4n) is 6.95. The van der Waals surface area contributed by atoms with Crippen LogP contribution in [0.3, 0.4) is 0 Å². The third-order valence-corrected chi connectivity index (χ3v) is 10.1. The number of aromatic nitrogens is 1. The maximum atomic E-state index is 10.9. The average Bonchev–Trinajstić information content (AvgIpc) is 3.13. The SMILES string of the molecule is CNc1c(O)ccc(C(O)CNCCN(C)CCOCCc2cccc(CN3CCC4(CC3)CN(c3ccnc(Cl)c3)CCO4)c2)c1/C=C\C=O. The molecule has 0 aliphatic carbocycles. The molecule has 0 radical (unpaired) electrons. The molecule has 11 nitrogen and oxygen atoms in total. The van der Waals surface area contributed by atoms with Crippen LogP contribution in [0.5, 0.6) is 5.75 Å². The molecular weight excluding hydrogens is 668 g/mol. The number of likely N-dealkylation sites (N-methyl/N-ethyl adjacent to an activating group) is 1. The van der Waals surface area contributed by atoms with Crippen molar-refractivity contribution in [3.63, 3.8) is 0 Å². The summed E-state index contributed by atoms with van der Waals surface area (Å²) in [6.45, 7) is 9.42. The number of morpholine rings is 1. The summed E-state index contributed by atoms with van der Waals surface area (Å²) in [5.74, 6) is 0.0586. The van der Waals surface area contributed by atoms with E-state index in [1.54, 1.807) is 31.5 Å². The number of aliphatic hydroxyl groups is 1. The van der Waals surface area contributed by atoms with Gasteiger partial charge < -0.3 is 40.1 Å². The number of benzene rings is 2. The van der Waals surface area contributed by atoms with Crippen molar-refractivity contribution in [1.29, 1.82) is 0 Å². The number of pyridine rings is 1. The lowest BCUT2D eigenvalue weighted by atomic mass is 9.89. The molecule has 2 fully saturated rings. The first-order chi connectivity index (χ1) is 24.8. The minimum absolute atomic E-state index is 0.0586. The Morgan fingerprint density at radius 2 is 1.94 bits per heavy atom. The number of allylic oxidation sites excluding steroid dienone is 1. The first kappa shape index (κ1) is 38.7. The number of carbonyl (C=O) groups is 1. The summed E-state index contributed by atoms with van der Waals surface area (Å²) in [4.78, 5) is 22.1. The topological polar surface area (TPSA) is 123 Å². The molecule has 5 rings (SSSR count). The predicted octanol–water partition coefficient (Wildman–Crippen LogP) is 4.38. The van der Waals surface area contributed by atoms with Crippen molar-refractivity contribution in [2.75, 3.05) is 96.5 Å². The minimum atomic E-state index is -0.801. The van der Waals surface area contributed by atoms with Gasteiger partial charge in [0.2, 0.25) is 0 Å². The van der Waals surface area contributed by atoms with Gasteiger partial charge in [0.05, 0.1) is 37.2 Å². The lowest BCUT2D eigenvalue weighted by Gasteiger charge is -2.48. The molecular formula is C39H53ClN6O5. The normalized spacial score (nSPS) is 17.0. The zero-order valence-corrected chi connectivity index (χ0v) is 30.7. The molecule has 4 N–H and O–H groups in total. The van der Waals surface area contributed by atoms with Crippen LogP contribution in [-0.4, -0.2) is 123 Å². The highest BCUT2D eigenvalue weighted by molar-refractivity contribution is 6.29. The Kier molecular flexibility index (Phi) is 14.7. The van der Waals surface area contributed by atoms with E-state index in [1.807, 2.05) is 12.1 Å². The van der Waals surface area contributed by atoms with Crippen LogP contribution in [0.25, 0.3) is 6.08 Å². The summed E-state index contributed by atoms with van der Waals surface area (Å²) >= 11 is 6.16. The van der Waals surface area contributed by atoms with Gasteiger partial charge in [-0.05, 0) is 73.4 Å². The van der Waals surface area contributed by atoms with Crippen LogP contribution >= 0.6 is 11.6 Å². The van der Waals surface area contributed by atoms with Gasteiger partial charge in [-0.2, -0.15) is 0 Å². The van der Waals surface area contributed by atoms with Crippen molar-refractivity contribution in [2.45, 2.75) is 37.5 Å². The summed E-state index contributed by atoms with van der Waals surface area (Å²) in [5.41, 5.74) is 5.33. The van der Waals surface area contributed by atoms with Crippen molar-refractivity contribution in [1.82, 2.24) is 20.1 Å². The zero-order valence-electron chi connectivity index (χ0n) is 29.9. The smallest absolute Gasteiger partial charge is 0.142 e. The van der Waals surface area contributed by atoms with Crippen LogP contribution in [0, 0.1) is 0 Å². The number of hydrogen-bond donors (Lipinski definition) is 4. The number of phenols is 1. The Morgan fingerprint density at radius 3 is 2.73 bits per heavy atom. The molecule has 0 saturated carbocycles. The molecule has 12 heteroatoms. The van der Waals surface area contributed by atoms with Gasteiger partial charge in [-0.25, -0.2) is 4.98 Å². The number of carbonyl (C=O) groups excluding carboxylic acids is 1. The molecule has 3 aromatic rings. The van der Waals surface area contributed by atoms with Crippen molar-refractivity contribution in [3.8, 4) is 5.75 Å². The number of phenolic OH excluding ortho intramolecular Hbond substituents is 1. The second kappa shape index (κ2) is 19.3. The average molecular weight is 721 g/mol. The number of anilines is 2. The number of aldehydes is 1. The highest BCUT2D eigenvalue weighted by Crippen LogP contribution is 2.35. The van der Waals surface area contributed by atoms with Gasteiger partial charge in [0.1, 0.15) is 17.2 Å². The second-order valence-corrected chi connectivity index (χ2v) is 13.9. The maximum Gasteiger partial charge on any atom is 0.142 e. The van der Waals surface area contributed by atoms with Crippen LogP contribution in [0.4, 0.5) is 11.4 Å². The minimum Gasteiger partial charge on any atom is -0.506 e. The Morgan fingerprint density at radius 1 is 1.12 bits per heavy atom. The predicted molar refractivity (Wildman–Crippen MR) is 204 cm³/mol. The monoisotopic (exact) mass is 720 g/mol. The molecule has 276 valence electrons. The first-order valence-electron chi connectivity index (χ1n) is 17.9. The van der Waals surface area contributed by atoms with Crippen molar-refractivity contribution >= 4 is 35.3 Å². The lowest BCUT2D eigenvalue weighted by Crippen LogP contribution is -2.56. The molecule has 3 heterocycles. The highest BCUT2D eigenvalue weighted by atomic mass is 35.5. The number of ether oxygens (including phenoxy) is 2. The molecule has 2 aromatic carbocycles. The molecule has 1 aromatic heterocycles. The largest absolute Gasteiger partial charge is 0.506 e. The van der Waals surface area contributed by atoms with Crippen LogP contribution in [0.2, 0.25) is 5.15 Å². The quantitative estimate of drug-likeness (QED) is 0.0493. The molecule has 2 saturated heterocycles. The summed E-state index contributed by atoms with van der Waals surface area (Å²) in [6, 6.07) is 16.1. The van der Waals surface area contributed by atoms with E-state index in [2.05, 4.69) is 61.6 Å². The highest BCUT2D eigenvalue weighted by Gasteiger charge is 2.39. The third kappa shape index (κ3) is 11.2. The van der Waals surface area contributed by atoms with E-state index in [9.17, 15) is 15.0 Å².